The lowest BCUT2D eigenvalue weighted by molar-refractivity contribution is 0.199. The molecule has 0 radical (unpaired) electrons. The van der Waals surface area contributed by atoms with E-state index in [-0.39, 0.29) is 0 Å². The van der Waals surface area contributed by atoms with Crippen molar-refractivity contribution >= 4 is 15.9 Å². The summed E-state index contributed by atoms with van der Waals surface area (Å²) in [6, 6.07) is 7.96. The normalized spacial score (nSPS) is 10.8. The van der Waals surface area contributed by atoms with E-state index in [1.807, 2.05) is 35.1 Å². The number of nitrogens with zero attached hydrogens (tertiary/aromatic N) is 2. The maximum atomic E-state index is 5.26. The highest BCUT2D eigenvalue weighted by molar-refractivity contribution is 9.10. The van der Waals surface area contributed by atoms with Crippen molar-refractivity contribution in [2.24, 2.45) is 0 Å². The Balaban J connectivity index is 1.96. The first-order valence-corrected chi connectivity index (χ1v) is 7.56. The van der Waals surface area contributed by atoms with Crippen molar-refractivity contribution in [3.05, 3.63) is 46.2 Å². The van der Waals surface area contributed by atoms with Gasteiger partial charge in [0, 0.05) is 30.9 Å². The fourth-order valence-corrected chi connectivity index (χ4v) is 2.32. The first kappa shape index (κ1) is 16.0. The second kappa shape index (κ2) is 8.17. The van der Waals surface area contributed by atoms with E-state index in [0.29, 0.717) is 13.2 Å². The molecule has 0 aliphatic heterocycles. The summed E-state index contributed by atoms with van der Waals surface area (Å²) in [6.45, 7) is 2.98. The number of ether oxygens (including phenoxy) is 2. The van der Waals surface area contributed by atoms with E-state index < -0.39 is 0 Å². The van der Waals surface area contributed by atoms with Gasteiger partial charge in [-0.3, -0.25) is 4.68 Å². The Hall–Kier alpha value is -1.37. The zero-order valence-electron chi connectivity index (χ0n) is 12.3. The van der Waals surface area contributed by atoms with Crippen molar-refractivity contribution in [1.82, 2.24) is 15.1 Å². The molecule has 0 spiro atoms. The van der Waals surface area contributed by atoms with E-state index in [1.165, 1.54) is 0 Å². The van der Waals surface area contributed by atoms with Gasteiger partial charge in [0.1, 0.15) is 5.75 Å². The van der Waals surface area contributed by atoms with Crippen LogP contribution in [0.25, 0.3) is 0 Å². The predicted molar refractivity (Wildman–Crippen MR) is 85.6 cm³/mol. The highest BCUT2D eigenvalue weighted by Crippen LogP contribution is 2.23. The van der Waals surface area contributed by atoms with Gasteiger partial charge in [-0.25, -0.2) is 0 Å². The number of hydrogen-bond donors (Lipinski definition) is 1. The van der Waals surface area contributed by atoms with Gasteiger partial charge in [-0.15, -0.1) is 0 Å². The van der Waals surface area contributed by atoms with Gasteiger partial charge >= 0.3 is 0 Å². The summed E-state index contributed by atoms with van der Waals surface area (Å²) in [5.74, 6) is 0.849. The zero-order valence-corrected chi connectivity index (χ0v) is 13.9. The first-order valence-electron chi connectivity index (χ1n) is 6.77. The molecule has 5 nitrogen and oxygen atoms in total. The van der Waals surface area contributed by atoms with Crippen molar-refractivity contribution in [3.63, 3.8) is 0 Å². The molecule has 0 saturated heterocycles. The summed E-state index contributed by atoms with van der Waals surface area (Å²) in [4.78, 5) is 0. The maximum absolute atomic E-state index is 5.26. The number of benzene rings is 1. The Bertz CT molecular complexity index is 572. The Kier molecular flexibility index (Phi) is 6.22. The van der Waals surface area contributed by atoms with Gasteiger partial charge in [0.05, 0.1) is 26.0 Å². The molecule has 0 bridgehead atoms. The van der Waals surface area contributed by atoms with Crippen LogP contribution in [0.2, 0.25) is 0 Å². The SMILES string of the molecule is COCCNCc1ccn(Cc2cc(OC)ccc2Br)n1. The second-order valence-electron chi connectivity index (χ2n) is 4.63. The van der Waals surface area contributed by atoms with Crippen molar-refractivity contribution in [2.45, 2.75) is 13.1 Å². The molecule has 1 heterocycles. The highest BCUT2D eigenvalue weighted by Gasteiger charge is 2.05. The van der Waals surface area contributed by atoms with E-state index in [1.54, 1.807) is 14.2 Å². The molecule has 0 aliphatic rings. The Labute approximate surface area is 133 Å². The van der Waals surface area contributed by atoms with Crippen molar-refractivity contribution in [1.29, 1.82) is 0 Å². The molecule has 1 aromatic carbocycles. The standard InChI is InChI=1S/C15H20BrN3O2/c1-20-8-6-17-10-13-5-7-19(18-13)11-12-9-14(21-2)3-4-15(12)16/h3-5,7,9,17H,6,8,10-11H2,1-2H3. The van der Waals surface area contributed by atoms with E-state index >= 15 is 0 Å². The largest absolute Gasteiger partial charge is 0.497 e. The fraction of sp³-hybridized carbons (Fsp3) is 0.400. The molecule has 0 aliphatic carbocycles. The number of rotatable bonds is 8. The van der Waals surface area contributed by atoms with E-state index in [2.05, 4.69) is 26.3 Å². The number of methoxy groups -OCH3 is 2. The highest BCUT2D eigenvalue weighted by atomic mass is 79.9. The molecule has 0 unspecified atom stereocenters. The van der Waals surface area contributed by atoms with Crippen LogP contribution in [-0.2, 0) is 17.8 Å². The zero-order chi connectivity index (χ0) is 15.1. The van der Waals surface area contributed by atoms with Crippen LogP contribution in [0.3, 0.4) is 0 Å². The summed E-state index contributed by atoms with van der Waals surface area (Å²) in [7, 11) is 3.37. The number of nitrogens with one attached hydrogen (secondary N) is 1. The lowest BCUT2D eigenvalue weighted by atomic mass is 10.2. The van der Waals surface area contributed by atoms with Crippen molar-refractivity contribution < 1.29 is 9.47 Å². The third-order valence-corrected chi connectivity index (χ3v) is 3.84. The first-order chi connectivity index (χ1) is 10.2. The van der Waals surface area contributed by atoms with Crippen molar-refractivity contribution in [2.75, 3.05) is 27.4 Å². The van der Waals surface area contributed by atoms with Gasteiger partial charge in [0.15, 0.2) is 0 Å². The average molecular weight is 354 g/mol. The molecular formula is C15H20BrN3O2. The van der Waals surface area contributed by atoms with Crippen LogP contribution in [0.5, 0.6) is 5.75 Å². The molecule has 1 N–H and O–H groups in total. The van der Waals surface area contributed by atoms with Crippen LogP contribution in [-0.4, -0.2) is 37.2 Å². The van der Waals surface area contributed by atoms with E-state index in [0.717, 1.165) is 34.6 Å². The summed E-state index contributed by atoms with van der Waals surface area (Å²) in [5, 5.41) is 7.83. The Morgan fingerprint density at radius 3 is 2.90 bits per heavy atom. The van der Waals surface area contributed by atoms with Crippen LogP contribution >= 0.6 is 15.9 Å². The third-order valence-electron chi connectivity index (χ3n) is 3.07. The van der Waals surface area contributed by atoms with Gasteiger partial charge in [-0.1, -0.05) is 15.9 Å². The summed E-state index contributed by atoms with van der Waals surface area (Å²) < 4.78 is 13.2. The van der Waals surface area contributed by atoms with E-state index in [9.17, 15) is 0 Å². The monoisotopic (exact) mass is 353 g/mol. The van der Waals surface area contributed by atoms with Gasteiger partial charge in [0.25, 0.3) is 0 Å². The number of halogens is 1. The molecule has 1 aromatic heterocycles. The van der Waals surface area contributed by atoms with Crippen LogP contribution in [0.15, 0.2) is 34.9 Å². The summed E-state index contributed by atoms with van der Waals surface area (Å²) in [6.07, 6.45) is 1.99. The molecule has 2 rings (SSSR count). The van der Waals surface area contributed by atoms with Crippen LogP contribution in [0.1, 0.15) is 11.3 Å². The minimum Gasteiger partial charge on any atom is -0.497 e. The minimum absolute atomic E-state index is 0.704. The summed E-state index contributed by atoms with van der Waals surface area (Å²) in [5.41, 5.74) is 2.15. The van der Waals surface area contributed by atoms with Gasteiger partial charge in [-0.05, 0) is 29.8 Å². The molecule has 0 fully saturated rings. The molecule has 2 aromatic rings. The quantitative estimate of drug-likeness (QED) is 0.740. The van der Waals surface area contributed by atoms with Gasteiger partial charge in [-0.2, -0.15) is 5.10 Å². The lowest BCUT2D eigenvalue weighted by Gasteiger charge is -2.07. The van der Waals surface area contributed by atoms with Gasteiger partial charge < -0.3 is 14.8 Å². The molecule has 21 heavy (non-hydrogen) atoms. The Morgan fingerprint density at radius 2 is 2.14 bits per heavy atom. The molecule has 0 saturated carbocycles. The number of hydrogen-bond acceptors (Lipinski definition) is 4. The molecular weight excluding hydrogens is 334 g/mol. The minimum atomic E-state index is 0.704. The van der Waals surface area contributed by atoms with Gasteiger partial charge in [0.2, 0.25) is 0 Å². The average Bonchev–Trinajstić information content (AvgIpc) is 2.93. The maximum Gasteiger partial charge on any atom is 0.119 e. The molecule has 0 amide bonds. The third kappa shape index (κ3) is 4.84. The van der Waals surface area contributed by atoms with Crippen LogP contribution < -0.4 is 10.1 Å². The Morgan fingerprint density at radius 1 is 1.29 bits per heavy atom. The topological polar surface area (TPSA) is 48.3 Å². The molecule has 114 valence electrons. The fourth-order valence-electron chi connectivity index (χ4n) is 1.95. The van der Waals surface area contributed by atoms with E-state index in [4.69, 9.17) is 9.47 Å². The summed E-state index contributed by atoms with van der Waals surface area (Å²) >= 11 is 3.56. The van der Waals surface area contributed by atoms with Crippen molar-refractivity contribution in [3.8, 4) is 5.75 Å². The van der Waals surface area contributed by atoms with Crippen LogP contribution in [0.4, 0.5) is 0 Å². The lowest BCUT2D eigenvalue weighted by Crippen LogP contribution is -2.19. The smallest absolute Gasteiger partial charge is 0.119 e. The number of aromatic nitrogens is 2. The molecule has 6 heteroatoms. The molecule has 0 atom stereocenters. The predicted octanol–water partition coefficient (Wildman–Crippen LogP) is 2.44. The van der Waals surface area contributed by atoms with Crippen LogP contribution in [0, 0.1) is 0 Å². The second-order valence-corrected chi connectivity index (χ2v) is 5.49.